The number of ether oxygens (including phenoxy) is 1. The van der Waals surface area contributed by atoms with Crippen molar-refractivity contribution in [3.05, 3.63) is 11.7 Å². The molecule has 1 aromatic rings. The molecule has 100 valence electrons. The molecular formula is C12H19N3O3. The Hall–Kier alpha value is -1.43. The molecule has 0 unspecified atom stereocenters. The smallest absolute Gasteiger partial charge is 0.319 e. The van der Waals surface area contributed by atoms with Crippen molar-refractivity contribution in [1.82, 2.24) is 15.0 Å². The molecule has 1 aliphatic rings. The second kappa shape index (κ2) is 5.48. The molecule has 0 spiro atoms. The first-order valence-electron chi connectivity index (χ1n) is 6.26. The summed E-state index contributed by atoms with van der Waals surface area (Å²) in [5.41, 5.74) is 0. The van der Waals surface area contributed by atoms with Crippen LogP contribution in [0.3, 0.4) is 0 Å². The number of hydrogen-bond acceptors (Lipinski definition) is 6. The molecule has 0 amide bonds. The van der Waals surface area contributed by atoms with Crippen molar-refractivity contribution in [2.24, 2.45) is 0 Å². The van der Waals surface area contributed by atoms with Gasteiger partial charge in [-0.15, -0.1) is 0 Å². The van der Waals surface area contributed by atoms with Crippen molar-refractivity contribution in [3.8, 4) is 0 Å². The van der Waals surface area contributed by atoms with E-state index in [4.69, 9.17) is 9.26 Å². The second-order valence-corrected chi connectivity index (χ2v) is 4.85. The van der Waals surface area contributed by atoms with E-state index in [0.29, 0.717) is 5.89 Å². The lowest BCUT2D eigenvalue weighted by molar-refractivity contribution is -0.142. The van der Waals surface area contributed by atoms with Gasteiger partial charge in [0.2, 0.25) is 5.89 Å². The van der Waals surface area contributed by atoms with Crippen LogP contribution >= 0.6 is 0 Å². The second-order valence-electron chi connectivity index (χ2n) is 4.85. The lowest BCUT2D eigenvalue weighted by atomic mass is 10.2. The summed E-state index contributed by atoms with van der Waals surface area (Å²) in [5.74, 6) is 1.35. The van der Waals surface area contributed by atoms with Gasteiger partial charge < -0.3 is 9.26 Å². The highest BCUT2D eigenvalue weighted by Gasteiger charge is 2.32. The Morgan fingerprint density at radius 1 is 1.61 bits per heavy atom. The Bertz CT molecular complexity index is 416. The van der Waals surface area contributed by atoms with Crippen molar-refractivity contribution in [2.45, 2.75) is 38.6 Å². The number of methoxy groups -OCH3 is 1. The molecule has 2 heterocycles. The average Bonchev–Trinajstić information content (AvgIpc) is 2.96. The van der Waals surface area contributed by atoms with E-state index < -0.39 is 0 Å². The van der Waals surface area contributed by atoms with Crippen LogP contribution in [0.1, 0.15) is 50.4 Å². The van der Waals surface area contributed by atoms with E-state index in [0.717, 1.165) is 25.2 Å². The van der Waals surface area contributed by atoms with E-state index in [1.807, 2.05) is 18.7 Å². The summed E-state index contributed by atoms with van der Waals surface area (Å²) in [5, 5.41) is 3.97. The molecule has 0 saturated carbocycles. The van der Waals surface area contributed by atoms with Crippen molar-refractivity contribution in [1.29, 1.82) is 0 Å². The minimum atomic E-state index is -0.231. The van der Waals surface area contributed by atoms with Gasteiger partial charge >= 0.3 is 5.97 Å². The van der Waals surface area contributed by atoms with Crippen LogP contribution in [0.15, 0.2) is 4.52 Å². The van der Waals surface area contributed by atoms with Crippen molar-refractivity contribution in [2.75, 3.05) is 20.2 Å². The quantitative estimate of drug-likeness (QED) is 0.757. The van der Waals surface area contributed by atoms with Crippen LogP contribution in [0, 0.1) is 0 Å². The summed E-state index contributed by atoms with van der Waals surface area (Å²) in [7, 11) is 1.40. The maximum Gasteiger partial charge on any atom is 0.319 e. The number of likely N-dealkylation sites (tertiary alicyclic amines) is 1. The first kappa shape index (κ1) is 13.0. The van der Waals surface area contributed by atoms with E-state index in [-0.39, 0.29) is 24.5 Å². The summed E-state index contributed by atoms with van der Waals surface area (Å²) in [6.07, 6.45) is 1.97. The zero-order valence-corrected chi connectivity index (χ0v) is 11.0. The van der Waals surface area contributed by atoms with Crippen LogP contribution in [-0.2, 0) is 9.53 Å². The predicted molar refractivity (Wildman–Crippen MR) is 64.0 cm³/mol. The van der Waals surface area contributed by atoms with E-state index in [1.165, 1.54) is 7.11 Å². The zero-order valence-electron chi connectivity index (χ0n) is 11.0. The molecular weight excluding hydrogens is 234 g/mol. The molecule has 1 aliphatic heterocycles. The number of esters is 1. The van der Waals surface area contributed by atoms with Gasteiger partial charge in [0.25, 0.3) is 0 Å². The third-order valence-electron chi connectivity index (χ3n) is 3.18. The van der Waals surface area contributed by atoms with E-state index >= 15 is 0 Å². The average molecular weight is 253 g/mol. The van der Waals surface area contributed by atoms with Gasteiger partial charge in [0.05, 0.1) is 19.7 Å². The molecule has 1 aromatic heterocycles. The van der Waals surface area contributed by atoms with Gasteiger partial charge in [0, 0.05) is 5.92 Å². The highest BCUT2D eigenvalue weighted by atomic mass is 16.5. The molecule has 0 N–H and O–H groups in total. The van der Waals surface area contributed by atoms with E-state index in [9.17, 15) is 4.79 Å². The Kier molecular flexibility index (Phi) is 3.96. The maximum atomic E-state index is 11.3. The first-order valence-corrected chi connectivity index (χ1v) is 6.26. The highest BCUT2D eigenvalue weighted by molar-refractivity contribution is 5.71. The topological polar surface area (TPSA) is 68.5 Å². The third-order valence-corrected chi connectivity index (χ3v) is 3.18. The Balaban J connectivity index is 2.08. The largest absolute Gasteiger partial charge is 0.468 e. The molecule has 6 nitrogen and oxygen atoms in total. The molecule has 1 saturated heterocycles. The van der Waals surface area contributed by atoms with Gasteiger partial charge in [-0.2, -0.15) is 4.98 Å². The fraction of sp³-hybridized carbons (Fsp3) is 0.750. The van der Waals surface area contributed by atoms with Crippen LogP contribution in [0.4, 0.5) is 0 Å². The highest BCUT2D eigenvalue weighted by Crippen LogP contribution is 2.31. The molecule has 1 atom stereocenters. The number of aromatic nitrogens is 2. The molecule has 0 aliphatic carbocycles. The minimum absolute atomic E-state index is 0.0455. The predicted octanol–water partition coefficient (Wildman–Crippen LogP) is 1.50. The van der Waals surface area contributed by atoms with Gasteiger partial charge in [-0.3, -0.25) is 9.69 Å². The number of carbonyl (C=O) groups excluding carboxylic acids is 1. The van der Waals surface area contributed by atoms with E-state index in [2.05, 4.69) is 10.1 Å². The van der Waals surface area contributed by atoms with Gasteiger partial charge in [-0.25, -0.2) is 0 Å². The fourth-order valence-corrected chi connectivity index (χ4v) is 2.14. The van der Waals surface area contributed by atoms with Crippen LogP contribution in [-0.4, -0.2) is 41.2 Å². The normalized spacial score (nSPS) is 20.6. The molecule has 18 heavy (non-hydrogen) atoms. The van der Waals surface area contributed by atoms with Crippen molar-refractivity contribution >= 4 is 5.97 Å². The maximum absolute atomic E-state index is 11.3. The summed E-state index contributed by atoms with van der Waals surface area (Å²) in [6.45, 7) is 5.19. The van der Waals surface area contributed by atoms with Crippen molar-refractivity contribution in [3.63, 3.8) is 0 Å². The molecule has 6 heteroatoms. The van der Waals surface area contributed by atoms with Crippen LogP contribution < -0.4 is 0 Å². The molecule has 2 rings (SSSR count). The SMILES string of the molecule is COC(=O)CN1CCC[C@@H]1c1nc(C(C)C)no1. The Labute approximate surface area is 106 Å². The number of nitrogens with zero attached hydrogens (tertiary/aromatic N) is 3. The zero-order chi connectivity index (χ0) is 13.1. The molecule has 0 radical (unpaired) electrons. The summed E-state index contributed by atoms with van der Waals surface area (Å²) < 4.78 is 9.99. The molecule has 0 aromatic carbocycles. The number of hydrogen-bond donors (Lipinski definition) is 0. The first-order chi connectivity index (χ1) is 8.61. The summed E-state index contributed by atoms with van der Waals surface area (Å²) in [4.78, 5) is 17.8. The van der Waals surface area contributed by atoms with Gasteiger partial charge in [-0.05, 0) is 19.4 Å². The summed E-state index contributed by atoms with van der Waals surface area (Å²) in [6, 6.07) is 0.0455. The van der Waals surface area contributed by atoms with Gasteiger partial charge in [0.1, 0.15) is 0 Å². The monoisotopic (exact) mass is 253 g/mol. The molecule has 0 bridgehead atoms. The van der Waals surface area contributed by atoms with Crippen molar-refractivity contribution < 1.29 is 14.1 Å². The Morgan fingerprint density at radius 2 is 2.39 bits per heavy atom. The summed E-state index contributed by atoms with van der Waals surface area (Å²) >= 11 is 0. The standard InChI is InChI=1S/C12H19N3O3/c1-8(2)11-13-12(18-14-11)9-5-4-6-15(9)7-10(16)17-3/h8-9H,4-7H2,1-3H3/t9-/m1/s1. The van der Waals surface area contributed by atoms with Gasteiger partial charge in [-0.1, -0.05) is 19.0 Å². The lowest BCUT2D eigenvalue weighted by Crippen LogP contribution is -2.30. The minimum Gasteiger partial charge on any atom is -0.468 e. The number of carbonyl (C=O) groups is 1. The van der Waals surface area contributed by atoms with Crippen LogP contribution in [0.2, 0.25) is 0 Å². The Morgan fingerprint density at radius 3 is 3.00 bits per heavy atom. The van der Waals surface area contributed by atoms with Crippen LogP contribution in [0.25, 0.3) is 0 Å². The number of rotatable bonds is 4. The molecule has 1 fully saturated rings. The fourth-order valence-electron chi connectivity index (χ4n) is 2.14. The van der Waals surface area contributed by atoms with E-state index in [1.54, 1.807) is 0 Å². The third kappa shape index (κ3) is 2.69. The lowest BCUT2D eigenvalue weighted by Gasteiger charge is -2.19. The van der Waals surface area contributed by atoms with Crippen LogP contribution in [0.5, 0.6) is 0 Å². The van der Waals surface area contributed by atoms with Gasteiger partial charge in [0.15, 0.2) is 5.82 Å².